The van der Waals surface area contributed by atoms with Gasteiger partial charge in [-0.3, -0.25) is 4.79 Å². The number of nitrogens with one attached hydrogen (secondary N) is 1. The van der Waals surface area contributed by atoms with Gasteiger partial charge in [0.25, 0.3) is 0 Å². The monoisotopic (exact) mass is 476 g/mol. The van der Waals surface area contributed by atoms with Crippen molar-refractivity contribution in [3.63, 3.8) is 0 Å². The molecule has 1 saturated heterocycles. The average Bonchev–Trinajstić information content (AvgIpc) is 3.53. The molecule has 0 spiro atoms. The Morgan fingerprint density at radius 3 is 2.31 bits per heavy atom. The third-order valence-corrected chi connectivity index (χ3v) is 8.01. The molecule has 2 unspecified atom stereocenters. The third-order valence-electron chi connectivity index (χ3n) is 8.01. The lowest BCUT2D eigenvalue weighted by atomic mass is 9.97. The van der Waals surface area contributed by atoms with E-state index in [9.17, 15) is 19.5 Å². The second kappa shape index (κ2) is 9.02. The van der Waals surface area contributed by atoms with Crippen molar-refractivity contribution in [2.45, 2.75) is 57.0 Å². The van der Waals surface area contributed by atoms with Gasteiger partial charge in [-0.25, -0.2) is 9.59 Å². The summed E-state index contributed by atoms with van der Waals surface area (Å²) in [5.41, 5.74) is 3.56. The highest BCUT2D eigenvalue weighted by molar-refractivity contribution is 5.91. The van der Waals surface area contributed by atoms with Crippen molar-refractivity contribution in [1.82, 2.24) is 10.2 Å². The molecule has 5 rings (SSSR count). The summed E-state index contributed by atoms with van der Waals surface area (Å²) in [6.07, 6.45) is 1.69. The molecule has 3 aliphatic rings. The highest BCUT2D eigenvalue weighted by atomic mass is 16.5. The number of carbonyl (C=O) groups excluding carboxylic acids is 2. The summed E-state index contributed by atoms with van der Waals surface area (Å²) in [5, 5.41) is 12.6. The first-order chi connectivity index (χ1) is 16.8. The van der Waals surface area contributed by atoms with Gasteiger partial charge in [-0.15, -0.1) is 0 Å². The molecule has 7 heteroatoms. The van der Waals surface area contributed by atoms with E-state index >= 15 is 0 Å². The number of piperidine rings is 1. The number of likely N-dealkylation sites (tertiary alicyclic amines) is 1. The summed E-state index contributed by atoms with van der Waals surface area (Å²) in [5.74, 6) is -1.14. The zero-order chi connectivity index (χ0) is 24.7. The van der Waals surface area contributed by atoms with Crippen molar-refractivity contribution in [2.24, 2.45) is 11.8 Å². The zero-order valence-corrected chi connectivity index (χ0v) is 20.2. The van der Waals surface area contributed by atoms with Crippen LogP contribution in [0.25, 0.3) is 11.1 Å². The average molecular weight is 477 g/mol. The van der Waals surface area contributed by atoms with Crippen LogP contribution < -0.4 is 5.32 Å². The van der Waals surface area contributed by atoms with Crippen LogP contribution in [-0.2, 0) is 14.3 Å². The molecule has 0 bridgehead atoms. The molecule has 3 atom stereocenters. The van der Waals surface area contributed by atoms with Gasteiger partial charge in [0.15, 0.2) is 0 Å². The molecule has 0 aromatic heterocycles. The van der Waals surface area contributed by atoms with E-state index in [1.807, 2.05) is 38.1 Å². The number of hydrogen-bond donors (Lipinski definition) is 2. The van der Waals surface area contributed by atoms with Crippen molar-refractivity contribution in [3.05, 3.63) is 59.7 Å². The Morgan fingerprint density at radius 2 is 1.71 bits per heavy atom. The van der Waals surface area contributed by atoms with E-state index in [1.54, 1.807) is 0 Å². The van der Waals surface area contributed by atoms with Crippen LogP contribution in [0.1, 0.15) is 56.6 Å². The molecule has 2 N–H and O–H groups in total. The van der Waals surface area contributed by atoms with E-state index < -0.39 is 23.6 Å². The van der Waals surface area contributed by atoms with Gasteiger partial charge in [0, 0.05) is 24.9 Å². The van der Waals surface area contributed by atoms with Crippen LogP contribution in [0.4, 0.5) is 4.79 Å². The molecule has 2 aromatic rings. The number of carboxylic acids is 1. The predicted octanol–water partition coefficient (Wildman–Crippen LogP) is 4.41. The number of alkyl carbamates (subject to hydrolysis) is 1. The van der Waals surface area contributed by atoms with Crippen molar-refractivity contribution < 1.29 is 24.2 Å². The minimum Gasteiger partial charge on any atom is -0.479 e. The van der Waals surface area contributed by atoms with Crippen LogP contribution in [0.15, 0.2) is 48.5 Å². The number of carboxylic acid groups (broad SMARTS) is 1. The Morgan fingerprint density at radius 1 is 1.09 bits per heavy atom. The van der Waals surface area contributed by atoms with Gasteiger partial charge in [-0.05, 0) is 53.4 Å². The fraction of sp³-hybridized carbons (Fsp3) is 0.464. The number of aliphatic carboxylic acids is 1. The summed E-state index contributed by atoms with van der Waals surface area (Å²) < 4.78 is 5.67. The van der Waals surface area contributed by atoms with Crippen LogP contribution >= 0.6 is 0 Å². The van der Waals surface area contributed by atoms with Gasteiger partial charge in [-0.1, -0.05) is 62.4 Å². The van der Waals surface area contributed by atoms with Gasteiger partial charge in [0.2, 0.25) is 5.91 Å². The van der Waals surface area contributed by atoms with Crippen LogP contribution in [0.5, 0.6) is 0 Å². The maximum Gasteiger partial charge on any atom is 0.407 e. The lowest BCUT2D eigenvalue weighted by Gasteiger charge is -2.35. The molecular weight excluding hydrogens is 444 g/mol. The molecular formula is C28H32N2O5. The predicted molar refractivity (Wildman–Crippen MR) is 131 cm³/mol. The van der Waals surface area contributed by atoms with Crippen molar-refractivity contribution in [3.8, 4) is 11.1 Å². The van der Waals surface area contributed by atoms with E-state index in [4.69, 9.17) is 4.74 Å². The molecule has 1 saturated carbocycles. The maximum absolute atomic E-state index is 13.2. The third kappa shape index (κ3) is 4.07. The molecule has 2 aliphatic carbocycles. The lowest BCUT2D eigenvalue weighted by Crippen LogP contribution is -2.53. The summed E-state index contributed by atoms with van der Waals surface area (Å²) in [4.78, 5) is 39.4. The quantitative estimate of drug-likeness (QED) is 0.617. The molecule has 2 aromatic carbocycles. The highest BCUT2D eigenvalue weighted by Crippen LogP contribution is 2.54. The van der Waals surface area contributed by atoms with E-state index in [-0.39, 0.29) is 36.7 Å². The zero-order valence-electron chi connectivity index (χ0n) is 20.2. The summed E-state index contributed by atoms with van der Waals surface area (Å²) in [6, 6.07) is 15.9. The topological polar surface area (TPSA) is 95.9 Å². The maximum atomic E-state index is 13.2. The Labute approximate surface area is 205 Å². The van der Waals surface area contributed by atoms with E-state index in [0.29, 0.717) is 13.0 Å². The first-order valence-electron chi connectivity index (χ1n) is 12.5. The Balaban J connectivity index is 1.23. The minimum absolute atomic E-state index is 0.0139. The van der Waals surface area contributed by atoms with Gasteiger partial charge in [0.05, 0.1) is 0 Å². The fourth-order valence-electron chi connectivity index (χ4n) is 5.95. The highest BCUT2D eigenvalue weighted by Gasteiger charge is 2.66. The van der Waals surface area contributed by atoms with Gasteiger partial charge in [0.1, 0.15) is 12.1 Å². The Bertz CT molecular complexity index is 1120. The van der Waals surface area contributed by atoms with E-state index in [0.717, 1.165) is 35.1 Å². The van der Waals surface area contributed by atoms with E-state index in [1.165, 1.54) is 4.90 Å². The molecule has 1 heterocycles. The fourth-order valence-corrected chi connectivity index (χ4v) is 5.95. The summed E-state index contributed by atoms with van der Waals surface area (Å²) in [6.45, 7) is 4.53. The summed E-state index contributed by atoms with van der Waals surface area (Å²) >= 11 is 0. The molecule has 7 nitrogen and oxygen atoms in total. The Kier molecular flexibility index (Phi) is 6.03. The number of fused-ring (bicyclic) bond motifs is 4. The first-order valence-corrected chi connectivity index (χ1v) is 12.5. The van der Waals surface area contributed by atoms with Crippen molar-refractivity contribution in [2.75, 3.05) is 13.2 Å². The number of ether oxygens (including phenoxy) is 1. The molecule has 0 radical (unpaired) electrons. The summed E-state index contributed by atoms with van der Waals surface area (Å²) in [7, 11) is 0. The smallest absolute Gasteiger partial charge is 0.407 e. The molecule has 2 fully saturated rings. The molecule has 35 heavy (non-hydrogen) atoms. The number of hydrogen-bond acceptors (Lipinski definition) is 4. The standard InChI is InChI=1S/C28H32N2O5/c1-17(2)24(14-25(31)30-13-7-8-18-15-28(18,30)26(32)33)29-27(34)35-16-23-21-11-5-3-9-19(21)20-10-4-6-12-22(20)23/h3-6,9-12,17-18,23-24H,7-8,13-16H2,1-2H3,(H,29,34)(H,32,33)/t18?,24-,28?/m1/s1. The van der Waals surface area contributed by atoms with Gasteiger partial charge >= 0.3 is 12.1 Å². The van der Waals surface area contributed by atoms with Crippen LogP contribution in [0.2, 0.25) is 0 Å². The van der Waals surface area contributed by atoms with Crippen LogP contribution in [0, 0.1) is 11.8 Å². The van der Waals surface area contributed by atoms with Gasteiger partial charge < -0.3 is 20.1 Å². The normalized spacial score (nSPS) is 23.2. The van der Waals surface area contributed by atoms with Gasteiger partial charge in [-0.2, -0.15) is 0 Å². The number of amides is 2. The minimum atomic E-state index is -1.04. The second-order valence-electron chi connectivity index (χ2n) is 10.3. The number of rotatable bonds is 7. The Hall–Kier alpha value is -3.35. The lowest BCUT2D eigenvalue weighted by molar-refractivity contribution is -0.154. The molecule has 184 valence electrons. The van der Waals surface area contributed by atoms with Crippen molar-refractivity contribution >= 4 is 18.0 Å². The SMILES string of the molecule is CC(C)[C@@H](CC(=O)N1CCCC2CC21C(=O)O)NC(=O)OCC1c2ccccc2-c2ccccc21. The molecule has 1 aliphatic heterocycles. The number of carbonyl (C=O) groups is 3. The van der Waals surface area contributed by atoms with E-state index in [2.05, 4.69) is 29.6 Å². The van der Waals surface area contributed by atoms with Crippen molar-refractivity contribution in [1.29, 1.82) is 0 Å². The first kappa shape index (κ1) is 23.4. The largest absolute Gasteiger partial charge is 0.479 e. The number of benzene rings is 2. The molecule has 2 amide bonds. The van der Waals surface area contributed by atoms with Crippen LogP contribution in [0.3, 0.4) is 0 Å². The van der Waals surface area contributed by atoms with Crippen LogP contribution in [-0.4, -0.2) is 52.7 Å². The second-order valence-corrected chi connectivity index (χ2v) is 10.3. The number of nitrogens with zero attached hydrogens (tertiary/aromatic N) is 1.